The normalized spacial score (nSPS) is 14.8. The van der Waals surface area contributed by atoms with Gasteiger partial charge in [0.25, 0.3) is 0 Å². The monoisotopic (exact) mass is 292 g/mol. The molecule has 3 heteroatoms. The van der Waals surface area contributed by atoms with Gasteiger partial charge in [-0.05, 0) is 36.8 Å². The van der Waals surface area contributed by atoms with Crippen molar-refractivity contribution in [3.8, 4) is 11.5 Å². The van der Waals surface area contributed by atoms with Crippen molar-refractivity contribution < 1.29 is 14.3 Å². The molecule has 22 heavy (non-hydrogen) atoms. The van der Waals surface area contributed by atoms with Crippen molar-refractivity contribution in [1.29, 1.82) is 0 Å². The van der Waals surface area contributed by atoms with Gasteiger partial charge < -0.3 is 9.47 Å². The number of ketones is 1. The second-order valence-corrected chi connectivity index (χ2v) is 5.05. The maximum absolute atomic E-state index is 11.5. The number of hydrogen-bond acceptors (Lipinski definition) is 3. The fourth-order valence-electron chi connectivity index (χ4n) is 2.39. The van der Waals surface area contributed by atoms with Crippen LogP contribution in [-0.4, -0.2) is 12.9 Å². The van der Waals surface area contributed by atoms with Crippen molar-refractivity contribution in [3.05, 3.63) is 71.5 Å². The van der Waals surface area contributed by atoms with Crippen molar-refractivity contribution in [1.82, 2.24) is 0 Å². The van der Waals surface area contributed by atoms with Crippen molar-refractivity contribution in [3.63, 3.8) is 0 Å². The van der Waals surface area contributed by atoms with E-state index in [2.05, 4.69) is 0 Å². The molecule has 0 radical (unpaired) electrons. The number of carbonyl (C=O) groups excluding carboxylic acids is 1. The zero-order valence-electron chi connectivity index (χ0n) is 12.5. The molecule has 3 rings (SSSR count). The van der Waals surface area contributed by atoms with Gasteiger partial charge in [-0.3, -0.25) is 4.79 Å². The van der Waals surface area contributed by atoms with Crippen molar-refractivity contribution in [2.45, 2.75) is 6.92 Å². The largest absolute Gasteiger partial charge is 0.497 e. The van der Waals surface area contributed by atoms with Crippen molar-refractivity contribution in [2.24, 2.45) is 0 Å². The second-order valence-electron chi connectivity index (χ2n) is 5.05. The third-order valence-corrected chi connectivity index (χ3v) is 3.42. The summed E-state index contributed by atoms with van der Waals surface area (Å²) in [5, 5.41) is 0. The van der Waals surface area contributed by atoms with Crippen LogP contribution < -0.4 is 9.47 Å². The third kappa shape index (κ3) is 2.79. The van der Waals surface area contributed by atoms with E-state index < -0.39 is 0 Å². The molecule has 3 nitrogen and oxygen atoms in total. The Hall–Kier alpha value is -2.81. The SMILES string of the molecule is COc1ccc2c(c1)C=C(c1ccccc1)/C(=C/C(C)=O)O2. The van der Waals surface area contributed by atoms with E-state index in [-0.39, 0.29) is 5.78 Å². The average Bonchev–Trinajstić information content (AvgIpc) is 2.54. The van der Waals surface area contributed by atoms with Crippen LogP contribution in [0.25, 0.3) is 11.6 Å². The second kappa shape index (κ2) is 5.90. The lowest BCUT2D eigenvalue weighted by Crippen LogP contribution is -2.07. The predicted molar refractivity (Wildman–Crippen MR) is 86.7 cm³/mol. The highest BCUT2D eigenvalue weighted by molar-refractivity contribution is 5.98. The van der Waals surface area contributed by atoms with Crippen LogP contribution in [0.2, 0.25) is 0 Å². The quantitative estimate of drug-likeness (QED) is 0.799. The van der Waals surface area contributed by atoms with Gasteiger partial charge in [-0.2, -0.15) is 0 Å². The highest BCUT2D eigenvalue weighted by Gasteiger charge is 2.19. The first-order chi connectivity index (χ1) is 10.7. The smallest absolute Gasteiger partial charge is 0.156 e. The van der Waals surface area contributed by atoms with Crippen LogP contribution in [-0.2, 0) is 4.79 Å². The summed E-state index contributed by atoms with van der Waals surface area (Å²) in [7, 11) is 1.63. The molecule has 0 unspecified atom stereocenters. The van der Waals surface area contributed by atoms with Gasteiger partial charge in [0.15, 0.2) is 5.78 Å². The van der Waals surface area contributed by atoms with Gasteiger partial charge in [-0.1, -0.05) is 30.3 Å². The van der Waals surface area contributed by atoms with Gasteiger partial charge in [0, 0.05) is 17.2 Å². The third-order valence-electron chi connectivity index (χ3n) is 3.42. The van der Waals surface area contributed by atoms with E-state index in [4.69, 9.17) is 9.47 Å². The van der Waals surface area contributed by atoms with E-state index in [1.165, 1.54) is 13.0 Å². The number of allylic oxidation sites excluding steroid dienone is 2. The highest BCUT2D eigenvalue weighted by atomic mass is 16.5. The zero-order chi connectivity index (χ0) is 15.5. The van der Waals surface area contributed by atoms with Crippen molar-refractivity contribution in [2.75, 3.05) is 7.11 Å². The van der Waals surface area contributed by atoms with E-state index in [0.717, 1.165) is 22.4 Å². The number of rotatable bonds is 3. The molecule has 1 aliphatic rings. The number of fused-ring (bicyclic) bond motifs is 1. The summed E-state index contributed by atoms with van der Waals surface area (Å²) in [6, 6.07) is 15.5. The number of hydrogen-bond donors (Lipinski definition) is 0. The van der Waals surface area contributed by atoms with Gasteiger partial charge in [0.05, 0.1) is 7.11 Å². The molecule has 0 saturated heterocycles. The number of ether oxygens (including phenoxy) is 2. The molecule has 0 aromatic heterocycles. The van der Waals surface area contributed by atoms with Crippen LogP contribution >= 0.6 is 0 Å². The Kier molecular flexibility index (Phi) is 3.79. The average molecular weight is 292 g/mol. The molecule has 2 aromatic rings. The number of benzene rings is 2. The van der Waals surface area contributed by atoms with Gasteiger partial charge in [0.2, 0.25) is 0 Å². The van der Waals surface area contributed by atoms with Crippen LogP contribution in [0, 0.1) is 0 Å². The lowest BCUT2D eigenvalue weighted by Gasteiger charge is -2.21. The van der Waals surface area contributed by atoms with E-state index in [9.17, 15) is 4.79 Å². The first-order valence-electron chi connectivity index (χ1n) is 7.03. The molecule has 110 valence electrons. The number of methoxy groups -OCH3 is 1. The summed E-state index contributed by atoms with van der Waals surface area (Å²) in [5.41, 5.74) is 2.82. The molecular weight excluding hydrogens is 276 g/mol. The molecule has 0 bridgehead atoms. The maximum atomic E-state index is 11.5. The summed E-state index contributed by atoms with van der Waals surface area (Å²) in [4.78, 5) is 11.5. The van der Waals surface area contributed by atoms with E-state index in [1.807, 2.05) is 54.6 Å². The Labute approximate surface area is 129 Å². The molecule has 0 aliphatic carbocycles. The van der Waals surface area contributed by atoms with Gasteiger partial charge >= 0.3 is 0 Å². The lowest BCUT2D eigenvalue weighted by molar-refractivity contribution is -0.112. The standard InChI is InChI=1S/C19H16O3/c1-13(20)10-19-17(14-6-4-3-5-7-14)12-15-11-16(21-2)8-9-18(15)22-19/h3-12H,1-2H3/b19-10-. The molecule has 0 amide bonds. The first kappa shape index (κ1) is 14.1. The molecular formula is C19H16O3. The molecule has 0 spiro atoms. The van der Waals surface area contributed by atoms with Crippen LogP contribution in [0.5, 0.6) is 11.5 Å². The summed E-state index contributed by atoms with van der Waals surface area (Å²) >= 11 is 0. The van der Waals surface area contributed by atoms with Crippen LogP contribution in [0.3, 0.4) is 0 Å². The van der Waals surface area contributed by atoms with E-state index in [0.29, 0.717) is 11.5 Å². The fourth-order valence-corrected chi connectivity index (χ4v) is 2.39. The molecule has 1 heterocycles. The van der Waals surface area contributed by atoms with Gasteiger partial charge in [-0.15, -0.1) is 0 Å². The van der Waals surface area contributed by atoms with Gasteiger partial charge in [0.1, 0.15) is 17.3 Å². The lowest BCUT2D eigenvalue weighted by atomic mass is 9.97. The Balaban J connectivity index is 2.15. The number of carbonyl (C=O) groups is 1. The minimum absolute atomic E-state index is 0.0474. The first-order valence-corrected chi connectivity index (χ1v) is 7.03. The molecule has 0 fully saturated rings. The van der Waals surface area contributed by atoms with E-state index in [1.54, 1.807) is 7.11 Å². The Morgan fingerprint density at radius 3 is 2.59 bits per heavy atom. The predicted octanol–water partition coefficient (Wildman–Crippen LogP) is 4.10. The summed E-state index contributed by atoms with van der Waals surface area (Å²) < 4.78 is 11.2. The van der Waals surface area contributed by atoms with E-state index >= 15 is 0 Å². The molecule has 2 aromatic carbocycles. The zero-order valence-corrected chi connectivity index (χ0v) is 12.5. The topological polar surface area (TPSA) is 35.5 Å². The van der Waals surface area contributed by atoms with Crippen LogP contribution in [0.4, 0.5) is 0 Å². The minimum atomic E-state index is -0.0474. The van der Waals surface area contributed by atoms with Crippen LogP contribution in [0.15, 0.2) is 60.4 Å². The summed E-state index contributed by atoms with van der Waals surface area (Å²) in [6.07, 6.45) is 3.54. The van der Waals surface area contributed by atoms with Crippen LogP contribution in [0.1, 0.15) is 18.1 Å². The van der Waals surface area contributed by atoms with Crippen molar-refractivity contribution >= 4 is 17.4 Å². The summed E-state index contributed by atoms with van der Waals surface area (Å²) in [5.74, 6) is 2.00. The molecule has 0 atom stereocenters. The van der Waals surface area contributed by atoms with Gasteiger partial charge in [-0.25, -0.2) is 0 Å². The highest BCUT2D eigenvalue weighted by Crippen LogP contribution is 2.38. The Morgan fingerprint density at radius 2 is 1.91 bits per heavy atom. The molecule has 0 saturated carbocycles. The molecule has 0 N–H and O–H groups in total. The minimum Gasteiger partial charge on any atom is -0.497 e. The maximum Gasteiger partial charge on any atom is 0.156 e. The Morgan fingerprint density at radius 1 is 1.14 bits per heavy atom. The summed E-state index contributed by atoms with van der Waals surface area (Å²) in [6.45, 7) is 1.52. The molecule has 1 aliphatic heterocycles. The Bertz CT molecular complexity index is 771. The fraction of sp³-hybridized carbons (Fsp3) is 0.105.